The van der Waals surface area contributed by atoms with Crippen LogP contribution >= 0.6 is 0 Å². The van der Waals surface area contributed by atoms with Crippen LogP contribution in [-0.4, -0.2) is 34.5 Å². The zero-order chi connectivity index (χ0) is 41.7. The van der Waals surface area contributed by atoms with Crippen molar-refractivity contribution in [2.75, 3.05) is 28.4 Å². The fraction of sp³-hybridized carbons (Fsp3) is 0.529. The predicted molar refractivity (Wildman–Crippen MR) is 235 cm³/mol. The molecule has 4 aromatic rings. The minimum atomic E-state index is -0.230. The summed E-state index contributed by atoms with van der Waals surface area (Å²) in [7, 11) is 7.26. The molecule has 1 aliphatic rings. The van der Waals surface area contributed by atoms with Crippen molar-refractivity contribution < 1.29 is 18.9 Å². The van der Waals surface area contributed by atoms with Gasteiger partial charge in [0.2, 0.25) is 0 Å². The van der Waals surface area contributed by atoms with E-state index in [9.17, 15) is 0 Å². The summed E-state index contributed by atoms with van der Waals surface area (Å²) in [5, 5.41) is 4.01. The fourth-order valence-corrected chi connectivity index (χ4v) is 8.20. The van der Waals surface area contributed by atoms with Crippen LogP contribution in [0.1, 0.15) is 170 Å². The van der Waals surface area contributed by atoms with Crippen molar-refractivity contribution in [3.05, 3.63) is 115 Å². The summed E-state index contributed by atoms with van der Waals surface area (Å²) >= 11 is 0. The van der Waals surface area contributed by atoms with Crippen LogP contribution in [0.5, 0.6) is 23.0 Å². The van der Waals surface area contributed by atoms with E-state index in [4.69, 9.17) is 18.9 Å². The Balaban J connectivity index is 2.05. The van der Waals surface area contributed by atoms with E-state index in [0.29, 0.717) is 19.3 Å². The normalized spacial score (nSPS) is 14.2. The van der Waals surface area contributed by atoms with Crippen LogP contribution in [0.15, 0.2) is 48.5 Å². The number of fused-ring (bicyclic) bond motifs is 8. The Labute approximate surface area is 339 Å². The van der Waals surface area contributed by atoms with Gasteiger partial charge in [0.25, 0.3) is 0 Å². The molecular formula is C51H71NO4. The molecule has 0 heterocycles. The van der Waals surface area contributed by atoms with Gasteiger partial charge in [0.1, 0.15) is 23.0 Å². The van der Waals surface area contributed by atoms with Gasteiger partial charge < -0.3 is 24.3 Å². The second-order valence-corrected chi connectivity index (χ2v) is 20.5. The molecule has 0 amide bonds. The Kier molecular flexibility index (Phi) is 12.2. The van der Waals surface area contributed by atoms with Crippen molar-refractivity contribution in [1.82, 2.24) is 5.32 Å². The first-order chi connectivity index (χ1) is 25.9. The van der Waals surface area contributed by atoms with Gasteiger partial charge in [0.05, 0.1) is 34.5 Å². The van der Waals surface area contributed by atoms with E-state index >= 15 is 0 Å². The van der Waals surface area contributed by atoms with Gasteiger partial charge in [0.15, 0.2) is 0 Å². The molecule has 0 spiro atoms. The molecule has 8 bridgehead atoms. The topological polar surface area (TPSA) is 49.0 Å². The first-order valence-corrected chi connectivity index (χ1v) is 20.5. The smallest absolute Gasteiger partial charge is 0.127 e. The van der Waals surface area contributed by atoms with Crippen LogP contribution in [0.4, 0.5) is 0 Å². The highest BCUT2D eigenvalue weighted by atomic mass is 16.5. The summed E-state index contributed by atoms with van der Waals surface area (Å²) in [6.07, 6.45) is 1.95. The summed E-state index contributed by atoms with van der Waals surface area (Å²) in [4.78, 5) is 0. The lowest BCUT2D eigenvalue weighted by molar-refractivity contribution is 0.382. The van der Waals surface area contributed by atoms with Gasteiger partial charge in [-0.3, -0.25) is 0 Å². The van der Waals surface area contributed by atoms with Crippen molar-refractivity contribution in [2.45, 2.75) is 150 Å². The lowest BCUT2D eigenvalue weighted by Crippen LogP contribution is -2.31. The molecule has 0 aliphatic heterocycles. The Bertz CT molecular complexity index is 1920. The summed E-state index contributed by atoms with van der Waals surface area (Å²) in [6.45, 7) is 32.0. The largest absolute Gasteiger partial charge is 0.496 e. The number of methoxy groups -OCH3 is 4. The van der Waals surface area contributed by atoms with Crippen LogP contribution in [-0.2, 0) is 40.9 Å². The van der Waals surface area contributed by atoms with Crippen LogP contribution in [0.3, 0.4) is 0 Å². The molecule has 0 fully saturated rings. The lowest BCUT2D eigenvalue weighted by Gasteiger charge is -2.32. The molecule has 0 radical (unpaired) electrons. The Hall–Kier alpha value is -3.96. The lowest BCUT2D eigenvalue weighted by atomic mass is 9.78. The minimum absolute atomic E-state index is 0.0854. The van der Waals surface area contributed by atoms with Gasteiger partial charge in [-0.1, -0.05) is 119 Å². The predicted octanol–water partition coefficient (Wildman–Crippen LogP) is 12.1. The fourth-order valence-electron chi connectivity index (χ4n) is 8.20. The van der Waals surface area contributed by atoms with E-state index < -0.39 is 0 Å². The summed E-state index contributed by atoms with van der Waals surface area (Å²) < 4.78 is 26.0. The maximum absolute atomic E-state index is 6.56. The van der Waals surface area contributed by atoms with E-state index in [2.05, 4.69) is 151 Å². The minimum Gasteiger partial charge on any atom is -0.496 e. The van der Waals surface area contributed by atoms with Crippen LogP contribution in [0, 0.1) is 0 Å². The Morgan fingerprint density at radius 1 is 0.411 bits per heavy atom. The molecule has 56 heavy (non-hydrogen) atoms. The van der Waals surface area contributed by atoms with Gasteiger partial charge in [-0.2, -0.15) is 0 Å². The van der Waals surface area contributed by atoms with E-state index in [0.717, 1.165) is 67.5 Å². The molecule has 1 aliphatic carbocycles. The van der Waals surface area contributed by atoms with Crippen molar-refractivity contribution in [3.63, 3.8) is 0 Å². The second-order valence-electron chi connectivity index (χ2n) is 20.5. The van der Waals surface area contributed by atoms with E-state index in [-0.39, 0.29) is 33.7 Å². The van der Waals surface area contributed by atoms with Crippen LogP contribution < -0.4 is 24.3 Å². The summed E-state index contributed by atoms with van der Waals surface area (Å²) in [5.41, 5.74) is 13.7. The highest BCUT2D eigenvalue weighted by Crippen LogP contribution is 2.46. The highest BCUT2D eigenvalue weighted by Gasteiger charge is 2.32. The number of hydrogen-bond donors (Lipinski definition) is 1. The third kappa shape index (κ3) is 8.94. The monoisotopic (exact) mass is 762 g/mol. The average molecular weight is 762 g/mol. The molecule has 0 aromatic heterocycles. The van der Waals surface area contributed by atoms with Crippen molar-refractivity contribution >= 4 is 0 Å². The highest BCUT2D eigenvalue weighted by molar-refractivity contribution is 5.61. The summed E-state index contributed by atoms with van der Waals surface area (Å²) in [6, 6.07) is 18.8. The number of ether oxygens (including phenoxy) is 4. The molecule has 304 valence electrons. The van der Waals surface area contributed by atoms with E-state index in [1.165, 1.54) is 22.3 Å². The molecule has 4 aromatic carbocycles. The molecule has 0 unspecified atom stereocenters. The van der Waals surface area contributed by atoms with Crippen molar-refractivity contribution in [3.8, 4) is 23.0 Å². The van der Waals surface area contributed by atoms with Gasteiger partial charge in [-0.15, -0.1) is 0 Å². The maximum Gasteiger partial charge on any atom is 0.127 e. The number of benzene rings is 4. The van der Waals surface area contributed by atoms with E-state index in [1.54, 1.807) is 0 Å². The molecule has 1 N–H and O–H groups in total. The third-order valence-electron chi connectivity index (χ3n) is 11.4. The quantitative estimate of drug-likeness (QED) is 0.212. The van der Waals surface area contributed by atoms with Crippen LogP contribution in [0.2, 0.25) is 0 Å². The molecule has 0 saturated heterocycles. The molecular weight excluding hydrogens is 691 g/mol. The Morgan fingerprint density at radius 2 is 0.643 bits per heavy atom. The molecule has 5 nitrogen and oxygen atoms in total. The average Bonchev–Trinajstić information content (AvgIpc) is 3.07. The molecule has 0 saturated carbocycles. The Morgan fingerprint density at radius 3 is 0.857 bits per heavy atom. The number of hydrogen-bond acceptors (Lipinski definition) is 5. The standard InChI is InChI=1S/C51H71NO4/c1-30(2)52-43-41-28-39(50(9,10)11)26-35(46(41)55-17)20-33-24-37(48(3,4)5)22-31(44(33)53-15)19-32-23-38(49(6,7)8)25-34(45(32)54-16)21-36-27-40(51(12,13)14)29-42(43)47(36)56-18/h22-30,43,52H,19-21H2,1-18H3. The maximum atomic E-state index is 6.56. The zero-order valence-corrected chi connectivity index (χ0v) is 38.0. The van der Waals surface area contributed by atoms with Crippen LogP contribution in [0.25, 0.3) is 0 Å². The molecule has 5 heteroatoms. The number of rotatable bonds is 6. The van der Waals surface area contributed by atoms with Gasteiger partial charge >= 0.3 is 0 Å². The van der Waals surface area contributed by atoms with Gasteiger partial charge in [0, 0.05) is 36.4 Å². The van der Waals surface area contributed by atoms with Crippen molar-refractivity contribution in [1.29, 1.82) is 0 Å². The van der Waals surface area contributed by atoms with Gasteiger partial charge in [-0.25, -0.2) is 0 Å². The second kappa shape index (κ2) is 15.8. The molecule has 5 rings (SSSR count). The SMILES string of the molecule is COc1c2cc(C(C)(C)C)cc1Cc1cc(C(C)(C)C)cc(c1OC)C(NC(C)C)c1cc(C(C)(C)C)cc(c1OC)Cc1cc(C(C)(C)C)cc(c1OC)C2. The van der Waals surface area contributed by atoms with Gasteiger partial charge in [-0.05, 0) is 103 Å². The first kappa shape index (κ1) is 43.2. The first-order valence-electron chi connectivity index (χ1n) is 20.5. The third-order valence-corrected chi connectivity index (χ3v) is 11.4. The van der Waals surface area contributed by atoms with E-state index in [1.807, 2.05) is 28.4 Å². The number of nitrogens with one attached hydrogen (secondary N) is 1. The van der Waals surface area contributed by atoms with Crippen molar-refractivity contribution in [2.24, 2.45) is 0 Å². The zero-order valence-electron chi connectivity index (χ0n) is 38.0. The summed E-state index contributed by atoms with van der Waals surface area (Å²) in [5.74, 6) is 3.61. The molecule has 0 atom stereocenters.